The maximum absolute atomic E-state index is 10.9. The Morgan fingerprint density at radius 3 is 3.00 bits per heavy atom. The van der Waals surface area contributed by atoms with Gasteiger partial charge in [0.05, 0.1) is 0 Å². The fraction of sp³-hybridized carbons (Fsp3) is 0. The van der Waals surface area contributed by atoms with E-state index in [4.69, 9.17) is 0 Å². The van der Waals surface area contributed by atoms with E-state index in [2.05, 4.69) is 15.1 Å². The van der Waals surface area contributed by atoms with Gasteiger partial charge in [-0.15, -0.1) is 0 Å². The molecule has 12 heavy (non-hydrogen) atoms. The Morgan fingerprint density at radius 2 is 2.25 bits per heavy atom. The lowest BCUT2D eigenvalue weighted by atomic mass is 10.4. The summed E-state index contributed by atoms with van der Waals surface area (Å²) in [5.41, 5.74) is -0.218. The zero-order valence-electron chi connectivity index (χ0n) is 6.07. The molecule has 1 N–H and O–H groups in total. The Labute approximate surface area is 70.3 Å². The third-order valence-corrected chi connectivity index (χ3v) is 2.09. The number of rotatable bonds is 0. The number of hydrogen-bond acceptors (Lipinski definition) is 5. The summed E-state index contributed by atoms with van der Waals surface area (Å²) in [6.07, 6.45) is 0. The molecule has 0 bridgehead atoms. The molecular formula is C4H3BN4O2S. The van der Waals surface area contributed by atoms with Crippen molar-refractivity contribution >= 4 is 29.8 Å². The zero-order chi connectivity index (χ0) is 8.72. The monoisotopic (exact) mass is 182 g/mol. The van der Waals surface area contributed by atoms with E-state index >= 15 is 0 Å². The van der Waals surface area contributed by atoms with Crippen LogP contribution in [0.25, 0.3) is 10.5 Å². The highest BCUT2D eigenvalue weighted by atomic mass is 32.1. The van der Waals surface area contributed by atoms with E-state index in [-0.39, 0.29) is 10.5 Å². The predicted molar refractivity (Wildman–Crippen MR) is 46.2 cm³/mol. The maximum Gasteiger partial charge on any atom is 0.352 e. The molecule has 2 rings (SSSR count). The van der Waals surface area contributed by atoms with Gasteiger partial charge in [0, 0.05) is 0 Å². The Hall–Kier alpha value is -1.44. The third kappa shape index (κ3) is 0.963. The summed E-state index contributed by atoms with van der Waals surface area (Å²) in [6.45, 7) is 0. The molecular weight excluding hydrogens is 179 g/mol. The smallest absolute Gasteiger partial charge is 0.295 e. The molecule has 0 unspecified atom stereocenters. The number of H-pyrrole nitrogens is 1. The number of hydrogen-bond donors (Lipinski definition) is 1. The largest absolute Gasteiger partial charge is 0.352 e. The minimum atomic E-state index is -0.475. The number of aromatic amines is 1. The summed E-state index contributed by atoms with van der Waals surface area (Å²) < 4.78 is 1.09. The normalized spacial score (nSPS) is 10.7. The van der Waals surface area contributed by atoms with Crippen LogP contribution in [0.15, 0.2) is 9.59 Å². The van der Waals surface area contributed by atoms with Crippen molar-refractivity contribution in [1.29, 1.82) is 0 Å². The first-order valence-corrected chi connectivity index (χ1v) is 3.92. The Bertz CT molecular complexity index is 540. The highest BCUT2D eigenvalue weighted by molar-refractivity contribution is 7.15. The molecule has 0 saturated heterocycles. The lowest BCUT2D eigenvalue weighted by molar-refractivity contribution is 0.881. The van der Waals surface area contributed by atoms with Crippen LogP contribution in [0.1, 0.15) is 0 Å². The average Bonchev–Trinajstić information content (AvgIpc) is 2.30. The predicted octanol–water partition coefficient (Wildman–Crippen LogP) is -2.06. The quantitative estimate of drug-likeness (QED) is 0.475. The molecule has 0 aromatic carbocycles. The van der Waals surface area contributed by atoms with Crippen molar-refractivity contribution in [3.05, 3.63) is 20.2 Å². The molecule has 0 atom stereocenters. The minimum Gasteiger partial charge on any atom is -0.295 e. The topological polar surface area (TPSA) is 80.6 Å². The van der Waals surface area contributed by atoms with Gasteiger partial charge in [-0.1, -0.05) is 11.3 Å². The third-order valence-electron chi connectivity index (χ3n) is 1.34. The standard InChI is InChI=1S/C4H3BN4O2S/c5-9-3(10)6-1-2(8-9)12-4(11)7-1/h5H2,(H,6,7,10,11). The van der Waals surface area contributed by atoms with Gasteiger partial charge in [0.15, 0.2) is 10.5 Å². The second-order valence-electron chi connectivity index (χ2n) is 2.19. The van der Waals surface area contributed by atoms with Gasteiger partial charge in [0.25, 0.3) is 7.98 Å². The van der Waals surface area contributed by atoms with Crippen molar-refractivity contribution in [2.45, 2.75) is 0 Å². The maximum atomic E-state index is 10.9. The average molecular weight is 182 g/mol. The zero-order valence-corrected chi connectivity index (χ0v) is 6.88. The van der Waals surface area contributed by atoms with E-state index in [1.165, 1.54) is 7.98 Å². The van der Waals surface area contributed by atoms with Crippen LogP contribution in [-0.4, -0.2) is 27.6 Å². The first-order chi connectivity index (χ1) is 5.66. The summed E-state index contributed by atoms with van der Waals surface area (Å²) in [5, 5.41) is 3.82. The fourth-order valence-corrected chi connectivity index (χ4v) is 1.48. The van der Waals surface area contributed by atoms with E-state index in [1.807, 2.05) is 0 Å². The van der Waals surface area contributed by atoms with Gasteiger partial charge >= 0.3 is 10.6 Å². The second kappa shape index (κ2) is 2.27. The van der Waals surface area contributed by atoms with E-state index in [0.717, 1.165) is 15.9 Å². The number of nitrogens with zero attached hydrogens (tertiary/aromatic N) is 3. The highest BCUT2D eigenvalue weighted by Gasteiger charge is 2.03. The lowest BCUT2D eigenvalue weighted by Gasteiger charge is -1.91. The van der Waals surface area contributed by atoms with Crippen LogP contribution >= 0.6 is 11.3 Å². The first-order valence-electron chi connectivity index (χ1n) is 3.11. The number of nitrogens with one attached hydrogen (secondary N) is 1. The van der Waals surface area contributed by atoms with Gasteiger partial charge in [-0.05, 0) is 0 Å². The van der Waals surface area contributed by atoms with E-state index in [0.29, 0.717) is 4.83 Å². The highest BCUT2D eigenvalue weighted by Crippen LogP contribution is 2.03. The van der Waals surface area contributed by atoms with Crippen LogP contribution in [0.4, 0.5) is 0 Å². The molecule has 2 heterocycles. The van der Waals surface area contributed by atoms with Gasteiger partial charge in [0.1, 0.15) is 0 Å². The summed E-state index contributed by atoms with van der Waals surface area (Å²) in [5.74, 6) is 0. The molecule has 8 heteroatoms. The molecule has 0 aliphatic heterocycles. The first kappa shape index (κ1) is 7.23. The van der Waals surface area contributed by atoms with Gasteiger partial charge < -0.3 is 0 Å². The summed E-state index contributed by atoms with van der Waals surface area (Å²) in [6, 6.07) is 0. The Kier molecular flexibility index (Phi) is 1.37. The number of thiazole rings is 1. The van der Waals surface area contributed by atoms with Crippen molar-refractivity contribution < 1.29 is 0 Å². The fourth-order valence-electron chi connectivity index (χ4n) is 0.802. The molecule has 2 aromatic rings. The van der Waals surface area contributed by atoms with Crippen LogP contribution in [0.2, 0.25) is 0 Å². The molecule has 0 aliphatic carbocycles. The van der Waals surface area contributed by atoms with E-state index in [1.54, 1.807) is 0 Å². The van der Waals surface area contributed by atoms with Crippen molar-refractivity contribution in [2.75, 3.05) is 0 Å². The van der Waals surface area contributed by atoms with Crippen molar-refractivity contribution in [1.82, 2.24) is 19.7 Å². The lowest BCUT2D eigenvalue weighted by Crippen LogP contribution is -2.23. The molecule has 6 nitrogen and oxygen atoms in total. The van der Waals surface area contributed by atoms with Crippen molar-refractivity contribution in [3.8, 4) is 0 Å². The molecule has 0 spiro atoms. The SMILES string of the molecule is Bn1nc2sc(=O)[nH]c2nc1=O. The molecule has 0 amide bonds. The van der Waals surface area contributed by atoms with Gasteiger partial charge in [-0.2, -0.15) is 10.1 Å². The van der Waals surface area contributed by atoms with E-state index in [9.17, 15) is 9.59 Å². The van der Waals surface area contributed by atoms with Gasteiger partial charge in [-0.25, -0.2) is 4.79 Å². The van der Waals surface area contributed by atoms with E-state index < -0.39 is 5.69 Å². The van der Waals surface area contributed by atoms with Gasteiger partial charge in [0.2, 0.25) is 0 Å². The minimum absolute atomic E-state index is 0.254. The van der Waals surface area contributed by atoms with Crippen LogP contribution in [-0.2, 0) is 0 Å². The van der Waals surface area contributed by atoms with Crippen LogP contribution in [0.3, 0.4) is 0 Å². The molecule has 0 radical (unpaired) electrons. The summed E-state index contributed by atoms with van der Waals surface area (Å²) in [7, 11) is 1.49. The molecule has 2 aromatic heterocycles. The molecule has 0 aliphatic rings. The van der Waals surface area contributed by atoms with Gasteiger partial charge in [-0.3, -0.25) is 14.4 Å². The Balaban J connectivity index is 3.01. The van der Waals surface area contributed by atoms with Crippen molar-refractivity contribution in [3.63, 3.8) is 0 Å². The van der Waals surface area contributed by atoms with Crippen LogP contribution in [0, 0.1) is 0 Å². The van der Waals surface area contributed by atoms with Crippen LogP contribution < -0.4 is 10.6 Å². The number of aromatic nitrogens is 4. The molecule has 0 fully saturated rings. The molecule has 60 valence electrons. The summed E-state index contributed by atoms with van der Waals surface area (Å²) >= 11 is 0.931. The molecule has 0 saturated carbocycles. The Morgan fingerprint density at radius 1 is 1.50 bits per heavy atom. The number of fused-ring (bicyclic) bond motifs is 1. The van der Waals surface area contributed by atoms with Crippen molar-refractivity contribution in [2.24, 2.45) is 0 Å². The van der Waals surface area contributed by atoms with Crippen LogP contribution in [0.5, 0.6) is 0 Å². The second-order valence-corrected chi connectivity index (χ2v) is 3.15. The summed E-state index contributed by atoms with van der Waals surface area (Å²) in [4.78, 5) is 27.9.